The highest BCUT2D eigenvalue weighted by atomic mass is 79.9. The molecule has 1 nitrogen and oxygen atoms in total. The van der Waals surface area contributed by atoms with Gasteiger partial charge in [0.05, 0.1) is 5.45 Å². The van der Waals surface area contributed by atoms with Crippen LogP contribution in [0.2, 0.25) is 0 Å². The number of anilines is 1. The van der Waals surface area contributed by atoms with Gasteiger partial charge in [-0.25, -0.2) is 0 Å². The SMILES string of the molecule is Cc1ccc(N(C)CBr)c(C)c1C. The molecule has 0 fully saturated rings. The van der Waals surface area contributed by atoms with Gasteiger partial charge in [0.15, 0.2) is 0 Å². The van der Waals surface area contributed by atoms with Gasteiger partial charge in [-0.2, -0.15) is 0 Å². The first-order valence-corrected chi connectivity index (χ1v) is 5.54. The average Bonchev–Trinajstić information content (AvgIpc) is 2.13. The first-order chi connectivity index (χ1) is 6.07. The van der Waals surface area contributed by atoms with Crippen LogP contribution in [-0.2, 0) is 0 Å². The lowest BCUT2D eigenvalue weighted by atomic mass is 10.0. The van der Waals surface area contributed by atoms with E-state index in [0.717, 1.165) is 5.45 Å². The number of benzene rings is 1. The third-order valence-electron chi connectivity index (χ3n) is 2.62. The normalized spacial score (nSPS) is 10.2. The second-order valence-electron chi connectivity index (χ2n) is 3.47. The van der Waals surface area contributed by atoms with Crippen LogP contribution < -0.4 is 4.90 Å². The van der Waals surface area contributed by atoms with Crippen LogP contribution in [0, 0.1) is 20.8 Å². The van der Waals surface area contributed by atoms with Crippen molar-refractivity contribution in [3.63, 3.8) is 0 Å². The van der Waals surface area contributed by atoms with Crippen molar-refractivity contribution in [1.82, 2.24) is 0 Å². The smallest absolute Gasteiger partial charge is 0.0732 e. The van der Waals surface area contributed by atoms with Crippen molar-refractivity contribution in [2.45, 2.75) is 20.8 Å². The highest BCUT2D eigenvalue weighted by Crippen LogP contribution is 2.24. The van der Waals surface area contributed by atoms with E-state index in [0.29, 0.717) is 0 Å². The summed E-state index contributed by atoms with van der Waals surface area (Å²) >= 11 is 3.45. The van der Waals surface area contributed by atoms with Crippen molar-refractivity contribution in [2.75, 3.05) is 17.4 Å². The fourth-order valence-electron chi connectivity index (χ4n) is 1.42. The Labute approximate surface area is 88.9 Å². The molecule has 0 aliphatic carbocycles. The van der Waals surface area contributed by atoms with Crippen LogP contribution in [-0.4, -0.2) is 12.5 Å². The molecule has 0 heterocycles. The molecule has 0 radical (unpaired) electrons. The van der Waals surface area contributed by atoms with Crippen LogP contribution in [0.3, 0.4) is 0 Å². The predicted octanol–water partition coefficient (Wildman–Crippen LogP) is 3.40. The summed E-state index contributed by atoms with van der Waals surface area (Å²) in [6, 6.07) is 4.36. The molecule has 1 aromatic rings. The van der Waals surface area contributed by atoms with E-state index in [2.05, 4.69) is 60.8 Å². The summed E-state index contributed by atoms with van der Waals surface area (Å²) in [5, 5.41) is 0. The molecule has 0 unspecified atom stereocenters. The van der Waals surface area contributed by atoms with Crippen molar-refractivity contribution < 1.29 is 0 Å². The number of halogens is 1. The van der Waals surface area contributed by atoms with Crippen LogP contribution in [0.25, 0.3) is 0 Å². The third-order valence-corrected chi connectivity index (χ3v) is 3.37. The van der Waals surface area contributed by atoms with E-state index < -0.39 is 0 Å². The standard InChI is InChI=1S/C11H16BrN/c1-8-5-6-11(13(4)7-12)10(3)9(8)2/h5-6H,7H2,1-4H3. The van der Waals surface area contributed by atoms with Gasteiger partial charge in [0.1, 0.15) is 0 Å². The van der Waals surface area contributed by atoms with Gasteiger partial charge >= 0.3 is 0 Å². The molecule has 13 heavy (non-hydrogen) atoms. The number of alkyl halides is 1. The Kier molecular flexibility index (Phi) is 3.37. The van der Waals surface area contributed by atoms with Gasteiger partial charge in [0.25, 0.3) is 0 Å². The molecule has 0 atom stereocenters. The van der Waals surface area contributed by atoms with Crippen LogP contribution in [0.5, 0.6) is 0 Å². The maximum atomic E-state index is 3.45. The summed E-state index contributed by atoms with van der Waals surface area (Å²) in [4.78, 5) is 2.20. The van der Waals surface area contributed by atoms with Crippen molar-refractivity contribution in [3.8, 4) is 0 Å². The lowest BCUT2D eigenvalue weighted by molar-refractivity contribution is 1.08. The first kappa shape index (κ1) is 10.6. The predicted molar refractivity (Wildman–Crippen MR) is 62.9 cm³/mol. The van der Waals surface area contributed by atoms with Crippen molar-refractivity contribution in [3.05, 3.63) is 28.8 Å². The Balaban J connectivity index is 3.18. The minimum atomic E-state index is 0.871. The van der Waals surface area contributed by atoms with E-state index in [1.807, 2.05) is 0 Å². The van der Waals surface area contributed by atoms with Crippen LogP contribution in [0.15, 0.2) is 12.1 Å². The quantitative estimate of drug-likeness (QED) is 0.567. The maximum absolute atomic E-state index is 3.45. The lowest BCUT2D eigenvalue weighted by Gasteiger charge is -2.20. The summed E-state index contributed by atoms with van der Waals surface area (Å²) in [6.45, 7) is 6.51. The zero-order valence-corrected chi connectivity index (χ0v) is 10.3. The number of rotatable bonds is 2. The first-order valence-electron chi connectivity index (χ1n) is 4.41. The molecule has 0 saturated carbocycles. The number of hydrogen-bond acceptors (Lipinski definition) is 1. The van der Waals surface area contributed by atoms with Gasteiger partial charge in [-0.3, -0.25) is 0 Å². The molecule has 0 amide bonds. The molecule has 0 aromatic heterocycles. The number of nitrogens with zero attached hydrogens (tertiary/aromatic N) is 1. The molecular weight excluding hydrogens is 226 g/mol. The largest absolute Gasteiger partial charge is 0.364 e. The molecule has 1 rings (SSSR count). The van der Waals surface area contributed by atoms with Crippen molar-refractivity contribution in [2.24, 2.45) is 0 Å². The molecule has 0 spiro atoms. The summed E-state index contributed by atoms with van der Waals surface area (Å²) < 4.78 is 0. The molecule has 2 heteroatoms. The molecule has 0 aliphatic rings. The highest BCUT2D eigenvalue weighted by molar-refractivity contribution is 9.09. The fourth-order valence-corrected chi connectivity index (χ4v) is 1.69. The van der Waals surface area contributed by atoms with Crippen LogP contribution in [0.4, 0.5) is 5.69 Å². The zero-order chi connectivity index (χ0) is 10.0. The Bertz CT molecular complexity index is 307. The summed E-state index contributed by atoms with van der Waals surface area (Å²) in [5.41, 5.74) is 6.31. The maximum Gasteiger partial charge on any atom is 0.0732 e. The Morgan fingerprint density at radius 1 is 1.15 bits per heavy atom. The lowest BCUT2D eigenvalue weighted by Crippen LogP contribution is -2.15. The van der Waals surface area contributed by atoms with Gasteiger partial charge in [-0.15, -0.1) is 0 Å². The molecule has 0 bridgehead atoms. The second-order valence-corrected chi connectivity index (χ2v) is 3.97. The Morgan fingerprint density at radius 2 is 1.77 bits per heavy atom. The van der Waals surface area contributed by atoms with Crippen LogP contribution >= 0.6 is 15.9 Å². The zero-order valence-electron chi connectivity index (χ0n) is 8.69. The van der Waals surface area contributed by atoms with E-state index in [4.69, 9.17) is 0 Å². The van der Waals surface area contributed by atoms with Gasteiger partial charge in [-0.1, -0.05) is 22.0 Å². The van der Waals surface area contributed by atoms with E-state index in [1.165, 1.54) is 22.4 Å². The van der Waals surface area contributed by atoms with E-state index in [9.17, 15) is 0 Å². The molecular formula is C11H16BrN. The third kappa shape index (κ3) is 2.05. The van der Waals surface area contributed by atoms with E-state index in [-0.39, 0.29) is 0 Å². The minimum Gasteiger partial charge on any atom is -0.364 e. The molecule has 0 aliphatic heterocycles. The summed E-state index contributed by atoms with van der Waals surface area (Å²) in [6.07, 6.45) is 0. The Morgan fingerprint density at radius 3 is 2.31 bits per heavy atom. The molecule has 1 aromatic carbocycles. The van der Waals surface area contributed by atoms with Gasteiger partial charge in [0, 0.05) is 12.7 Å². The van der Waals surface area contributed by atoms with Crippen molar-refractivity contribution >= 4 is 21.6 Å². The monoisotopic (exact) mass is 241 g/mol. The number of hydrogen-bond donors (Lipinski definition) is 0. The molecule has 0 saturated heterocycles. The fraction of sp³-hybridized carbons (Fsp3) is 0.455. The van der Waals surface area contributed by atoms with Crippen LogP contribution in [0.1, 0.15) is 16.7 Å². The van der Waals surface area contributed by atoms with E-state index in [1.54, 1.807) is 0 Å². The van der Waals surface area contributed by atoms with Crippen molar-refractivity contribution in [1.29, 1.82) is 0 Å². The highest BCUT2D eigenvalue weighted by Gasteiger charge is 2.06. The van der Waals surface area contributed by atoms with Gasteiger partial charge in [-0.05, 0) is 43.5 Å². The molecule has 0 N–H and O–H groups in total. The second kappa shape index (κ2) is 4.14. The minimum absolute atomic E-state index is 0.871. The Hall–Kier alpha value is -0.500. The number of aryl methyl sites for hydroxylation is 1. The van der Waals surface area contributed by atoms with Gasteiger partial charge in [0.2, 0.25) is 0 Å². The van der Waals surface area contributed by atoms with Gasteiger partial charge < -0.3 is 4.90 Å². The summed E-state index contributed by atoms with van der Waals surface area (Å²) in [5.74, 6) is 0. The average molecular weight is 242 g/mol. The van der Waals surface area contributed by atoms with E-state index >= 15 is 0 Å². The topological polar surface area (TPSA) is 3.24 Å². The summed E-state index contributed by atoms with van der Waals surface area (Å²) in [7, 11) is 2.09. The molecule has 72 valence electrons.